The van der Waals surface area contributed by atoms with E-state index in [9.17, 15) is 29.1 Å². The van der Waals surface area contributed by atoms with Crippen LogP contribution in [0.1, 0.15) is 38.8 Å². The minimum atomic E-state index is -1.31. The van der Waals surface area contributed by atoms with Gasteiger partial charge in [0.05, 0.1) is 12.9 Å². The maximum Gasteiger partial charge on any atom is 0.326 e. The molecular weight excluding hydrogens is 450 g/mol. The predicted molar refractivity (Wildman–Crippen MR) is 119 cm³/mol. The minimum Gasteiger partial charge on any atom is -0.480 e. The Morgan fingerprint density at radius 3 is 2.21 bits per heavy atom. The smallest absolute Gasteiger partial charge is 0.326 e. The Morgan fingerprint density at radius 2 is 1.71 bits per heavy atom. The van der Waals surface area contributed by atoms with Gasteiger partial charge in [0.2, 0.25) is 23.6 Å². The first-order valence-electron chi connectivity index (χ1n) is 10.8. The van der Waals surface area contributed by atoms with Crippen LogP contribution < -0.4 is 27.4 Å². The number of imidazole rings is 1. The number of amides is 4. The molecule has 1 heterocycles. The quantitative estimate of drug-likeness (QED) is 0.127. The number of aliphatic carboxylic acids is 1. The van der Waals surface area contributed by atoms with Crippen LogP contribution in [0.25, 0.3) is 0 Å². The fourth-order valence-corrected chi connectivity index (χ4v) is 2.95. The summed E-state index contributed by atoms with van der Waals surface area (Å²) in [5, 5.41) is 25.8. The monoisotopic (exact) mass is 483 g/mol. The van der Waals surface area contributed by atoms with Gasteiger partial charge in [-0.15, -0.1) is 0 Å². The molecule has 5 unspecified atom stereocenters. The zero-order valence-corrected chi connectivity index (χ0v) is 19.1. The Hall–Kier alpha value is -3.52. The first-order chi connectivity index (χ1) is 16.0. The summed E-state index contributed by atoms with van der Waals surface area (Å²) in [6, 6.07) is -5.02. The van der Waals surface area contributed by atoms with Crippen molar-refractivity contribution in [2.75, 3.05) is 6.61 Å². The van der Waals surface area contributed by atoms with E-state index in [1.807, 2.05) is 0 Å². The molecule has 0 fully saturated rings. The first kappa shape index (κ1) is 28.5. The van der Waals surface area contributed by atoms with E-state index >= 15 is 0 Å². The largest absolute Gasteiger partial charge is 0.480 e. The summed E-state index contributed by atoms with van der Waals surface area (Å²) in [5.41, 5.74) is 11.1. The number of carbonyl (C=O) groups is 5. The summed E-state index contributed by atoms with van der Waals surface area (Å²) < 4.78 is 0. The molecular formula is C20H33N7O7. The van der Waals surface area contributed by atoms with Crippen LogP contribution in [0.4, 0.5) is 0 Å². The molecule has 190 valence electrons. The van der Waals surface area contributed by atoms with Crippen LogP contribution in [0.15, 0.2) is 12.5 Å². The molecule has 34 heavy (non-hydrogen) atoms. The third kappa shape index (κ3) is 9.15. The molecule has 0 aliphatic heterocycles. The van der Waals surface area contributed by atoms with Gasteiger partial charge in [-0.25, -0.2) is 9.78 Å². The molecule has 10 N–H and O–H groups in total. The van der Waals surface area contributed by atoms with Crippen molar-refractivity contribution < 1.29 is 34.2 Å². The Morgan fingerprint density at radius 1 is 1.09 bits per heavy atom. The molecule has 14 heteroatoms. The van der Waals surface area contributed by atoms with Gasteiger partial charge < -0.3 is 42.6 Å². The van der Waals surface area contributed by atoms with E-state index in [4.69, 9.17) is 16.6 Å². The van der Waals surface area contributed by atoms with E-state index in [0.717, 1.165) is 0 Å². The van der Waals surface area contributed by atoms with Crippen molar-refractivity contribution in [3.63, 3.8) is 0 Å². The second-order valence-electron chi connectivity index (χ2n) is 7.91. The van der Waals surface area contributed by atoms with E-state index in [-0.39, 0.29) is 25.2 Å². The van der Waals surface area contributed by atoms with Crippen LogP contribution >= 0.6 is 0 Å². The molecule has 0 aliphatic rings. The lowest BCUT2D eigenvalue weighted by Gasteiger charge is -2.26. The summed E-state index contributed by atoms with van der Waals surface area (Å²) in [4.78, 5) is 67.5. The number of nitrogens with one attached hydrogen (secondary N) is 4. The number of rotatable bonds is 15. The number of H-pyrrole nitrogens is 1. The normalized spacial score (nSPS) is 15.3. The summed E-state index contributed by atoms with van der Waals surface area (Å²) in [6.45, 7) is 2.77. The third-order valence-corrected chi connectivity index (χ3v) is 5.23. The van der Waals surface area contributed by atoms with Crippen LogP contribution in [-0.2, 0) is 30.4 Å². The average molecular weight is 484 g/mol. The lowest BCUT2D eigenvalue weighted by molar-refractivity contribution is -0.143. The molecule has 5 atom stereocenters. The second-order valence-corrected chi connectivity index (χ2v) is 7.91. The van der Waals surface area contributed by atoms with Gasteiger partial charge in [-0.3, -0.25) is 19.2 Å². The fraction of sp³-hybridized carbons (Fsp3) is 0.600. The molecule has 0 radical (unpaired) electrons. The van der Waals surface area contributed by atoms with Gasteiger partial charge in [0.25, 0.3) is 0 Å². The number of aromatic nitrogens is 2. The second kappa shape index (κ2) is 13.9. The molecule has 14 nitrogen and oxygen atoms in total. The first-order valence-corrected chi connectivity index (χ1v) is 10.8. The molecule has 1 aromatic rings. The molecule has 0 saturated heterocycles. The number of carboxylic acid groups (broad SMARTS) is 1. The van der Waals surface area contributed by atoms with Crippen molar-refractivity contribution >= 4 is 29.6 Å². The van der Waals surface area contributed by atoms with Crippen molar-refractivity contribution in [1.29, 1.82) is 0 Å². The Bertz CT molecular complexity index is 846. The van der Waals surface area contributed by atoms with Gasteiger partial charge in [0, 0.05) is 24.7 Å². The van der Waals surface area contributed by atoms with Gasteiger partial charge >= 0.3 is 5.97 Å². The number of hydrogen-bond acceptors (Lipinski definition) is 8. The van der Waals surface area contributed by atoms with Crippen LogP contribution in [0.3, 0.4) is 0 Å². The predicted octanol–water partition coefficient (Wildman–Crippen LogP) is -2.88. The van der Waals surface area contributed by atoms with E-state index in [1.54, 1.807) is 13.8 Å². The standard InChI is InChI=1S/C20H33N7O7/c1-3-10(2)16(20(33)34)27-19(32)14(6-11-7-23-9-24-11)26-18(31)13(4-5-15(22)29)25-17(30)12(21)8-28/h7,9-10,12-14,16,28H,3-6,8,21H2,1-2H3,(H2,22,29)(H,23,24)(H,25,30)(H,26,31)(H,27,32)(H,33,34). The summed E-state index contributed by atoms with van der Waals surface area (Å²) in [7, 11) is 0. The molecule has 0 aliphatic carbocycles. The number of aliphatic hydroxyl groups excluding tert-OH is 1. The highest BCUT2D eigenvalue weighted by molar-refractivity contribution is 5.94. The average Bonchev–Trinajstić information content (AvgIpc) is 3.30. The topological polar surface area (TPSA) is 243 Å². The molecule has 0 saturated carbocycles. The molecule has 1 rings (SSSR count). The van der Waals surface area contributed by atoms with E-state index < -0.39 is 60.4 Å². The van der Waals surface area contributed by atoms with Crippen molar-refractivity contribution in [3.8, 4) is 0 Å². The Balaban J connectivity index is 3.10. The molecule has 4 amide bonds. The highest BCUT2D eigenvalue weighted by Gasteiger charge is 2.32. The van der Waals surface area contributed by atoms with E-state index in [0.29, 0.717) is 12.1 Å². The number of hydrogen-bond donors (Lipinski definition) is 8. The summed E-state index contributed by atoms with van der Waals surface area (Å²) >= 11 is 0. The Kier molecular flexibility index (Phi) is 11.7. The van der Waals surface area contributed by atoms with E-state index in [1.165, 1.54) is 12.5 Å². The number of primary amides is 1. The van der Waals surface area contributed by atoms with Gasteiger partial charge in [-0.2, -0.15) is 0 Å². The van der Waals surface area contributed by atoms with Crippen LogP contribution in [-0.4, -0.2) is 80.6 Å². The lowest BCUT2D eigenvalue weighted by Crippen LogP contribution is -2.58. The van der Waals surface area contributed by atoms with Crippen molar-refractivity contribution in [3.05, 3.63) is 18.2 Å². The minimum absolute atomic E-state index is 0.0585. The SMILES string of the molecule is CCC(C)C(NC(=O)C(Cc1cnc[nH]1)NC(=O)C(CCC(N)=O)NC(=O)C(N)CO)C(=O)O. The van der Waals surface area contributed by atoms with Gasteiger partial charge in [0.1, 0.15) is 24.2 Å². The summed E-state index contributed by atoms with van der Waals surface area (Å²) in [6.07, 6.45) is 2.80. The zero-order chi connectivity index (χ0) is 25.8. The van der Waals surface area contributed by atoms with Crippen LogP contribution in [0.5, 0.6) is 0 Å². The lowest BCUT2D eigenvalue weighted by atomic mass is 9.98. The maximum absolute atomic E-state index is 13.0. The van der Waals surface area contributed by atoms with Crippen molar-refractivity contribution in [2.45, 2.75) is 63.7 Å². The third-order valence-electron chi connectivity index (χ3n) is 5.23. The highest BCUT2D eigenvalue weighted by atomic mass is 16.4. The number of nitrogens with zero attached hydrogens (tertiary/aromatic N) is 1. The Labute approximate surface area is 196 Å². The van der Waals surface area contributed by atoms with Crippen molar-refractivity contribution in [1.82, 2.24) is 25.9 Å². The molecule has 0 spiro atoms. The summed E-state index contributed by atoms with van der Waals surface area (Å²) in [5.74, 6) is -4.75. The van der Waals surface area contributed by atoms with Crippen LogP contribution in [0.2, 0.25) is 0 Å². The number of nitrogens with two attached hydrogens (primary N) is 2. The van der Waals surface area contributed by atoms with Crippen LogP contribution in [0, 0.1) is 5.92 Å². The maximum atomic E-state index is 13.0. The molecule has 0 aromatic carbocycles. The number of carboxylic acids is 1. The zero-order valence-electron chi connectivity index (χ0n) is 19.1. The number of aliphatic hydroxyl groups is 1. The van der Waals surface area contributed by atoms with Crippen molar-refractivity contribution in [2.24, 2.45) is 17.4 Å². The number of aromatic amines is 1. The van der Waals surface area contributed by atoms with Gasteiger partial charge in [0.15, 0.2) is 0 Å². The number of carbonyl (C=O) groups excluding carboxylic acids is 4. The fourth-order valence-electron chi connectivity index (χ4n) is 2.95. The molecule has 1 aromatic heterocycles. The van der Waals surface area contributed by atoms with E-state index in [2.05, 4.69) is 25.9 Å². The van der Waals surface area contributed by atoms with Gasteiger partial charge in [-0.05, 0) is 12.3 Å². The van der Waals surface area contributed by atoms with Gasteiger partial charge in [-0.1, -0.05) is 20.3 Å². The highest BCUT2D eigenvalue weighted by Crippen LogP contribution is 2.10. The molecule has 0 bridgehead atoms.